The maximum absolute atomic E-state index is 12.8. The molecule has 7 nitrogen and oxygen atoms in total. The van der Waals surface area contributed by atoms with Gasteiger partial charge in [-0.15, -0.1) is 11.8 Å². The Balaban J connectivity index is 1.58. The van der Waals surface area contributed by atoms with Crippen LogP contribution in [-0.2, 0) is 14.3 Å². The highest BCUT2D eigenvalue weighted by molar-refractivity contribution is 7.98. The number of thioether (sulfide) groups is 1. The molecule has 2 heterocycles. The molecule has 2 aliphatic heterocycles. The molecule has 0 unspecified atom stereocenters. The predicted octanol–water partition coefficient (Wildman–Crippen LogP) is 3.23. The summed E-state index contributed by atoms with van der Waals surface area (Å²) < 4.78 is 5.21. The van der Waals surface area contributed by atoms with E-state index < -0.39 is 18.0 Å². The second kappa shape index (κ2) is 8.23. The lowest BCUT2D eigenvalue weighted by Gasteiger charge is -2.32. The fourth-order valence-corrected chi connectivity index (χ4v) is 4.00. The predicted molar refractivity (Wildman–Crippen MR) is 114 cm³/mol. The summed E-state index contributed by atoms with van der Waals surface area (Å²) in [7, 11) is 0. The van der Waals surface area contributed by atoms with E-state index in [0.29, 0.717) is 17.0 Å². The summed E-state index contributed by atoms with van der Waals surface area (Å²) in [6.07, 6.45) is 1.98. The number of hydrogen-bond acceptors (Lipinski definition) is 5. The Labute approximate surface area is 178 Å². The van der Waals surface area contributed by atoms with Crippen molar-refractivity contribution in [3.63, 3.8) is 0 Å². The number of ether oxygens (including phenoxy) is 1. The maximum Gasteiger partial charge on any atom is 0.338 e. The number of urea groups is 1. The average Bonchev–Trinajstić information content (AvgIpc) is 3.11. The molecular formula is C22H21N3O4S. The fraction of sp³-hybridized carbons (Fsp3) is 0.227. The van der Waals surface area contributed by atoms with Crippen molar-refractivity contribution in [2.45, 2.75) is 17.9 Å². The van der Waals surface area contributed by atoms with E-state index in [1.807, 2.05) is 55.6 Å². The molecule has 3 amide bonds. The summed E-state index contributed by atoms with van der Waals surface area (Å²) in [5.74, 6) is -0.835. The van der Waals surface area contributed by atoms with E-state index in [9.17, 15) is 14.4 Å². The molecule has 0 fully saturated rings. The summed E-state index contributed by atoms with van der Waals surface area (Å²) >= 11 is 1.61. The van der Waals surface area contributed by atoms with Gasteiger partial charge in [-0.2, -0.15) is 0 Å². The van der Waals surface area contributed by atoms with Gasteiger partial charge in [-0.1, -0.05) is 24.3 Å². The zero-order valence-electron chi connectivity index (χ0n) is 16.6. The van der Waals surface area contributed by atoms with Crippen LogP contribution in [0, 0.1) is 6.92 Å². The highest BCUT2D eigenvalue weighted by Crippen LogP contribution is 2.35. The monoisotopic (exact) mass is 423 g/mol. The van der Waals surface area contributed by atoms with E-state index in [0.717, 1.165) is 16.0 Å². The highest BCUT2D eigenvalue weighted by Gasteiger charge is 2.42. The van der Waals surface area contributed by atoms with E-state index >= 15 is 0 Å². The van der Waals surface area contributed by atoms with Gasteiger partial charge in [0.25, 0.3) is 0 Å². The van der Waals surface area contributed by atoms with Crippen LogP contribution in [0.1, 0.15) is 17.2 Å². The van der Waals surface area contributed by atoms with Crippen molar-refractivity contribution in [2.24, 2.45) is 0 Å². The minimum atomic E-state index is -0.602. The van der Waals surface area contributed by atoms with Crippen LogP contribution in [0.25, 0.3) is 0 Å². The molecule has 4 rings (SSSR count). The SMILES string of the molecule is CSc1ccc([C@H]2NC(=O)N(CC(=O)Nc3cccc(C)c3)C3=C2C(=O)OC3)cc1. The number of hydrogen-bond donors (Lipinski definition) is 2. The standard InChI is InChI=1S/C22H21N3O4S/c1-13-4-3-5-15(10-13)23-18(26)11-25-17-12-29-21(27)19(17)20(24-22(25)28)14-6-8-16(30-2)9-7-14/h3-10,20H,11-12H2,1-2H3,(H,23,26)(H,24,28)/t20-/m1/s1. The summed E-state index contributed by atoms with van der Waals surface area (Å²) in [6.45, 7) is 1.68. The minimum absolute atomic E-state index is 0.0291. The Kier molecular flexibility index (Phi) is 5.50. The third-order valence-electron chi connectivity index (χ3n) is 5.05. The molecular weight excluding hydrogens is 402 g/mol. The first kappa shape index (κ1) is 20.0. The maximum atomic E-state index is 12.8. The molecule has 0 saturated heterocycles. The van der Waals surface area contributed by atoms with Gasteiger partial charge in [-0.3, -0.25) is 9.69 Å². The Hall–Kier alpha value is -3.26. The van der Waals surface area contributed by atoms with Crippen LogP contribution < -0.4 is 10.6 Å². The lowest BCUT2D eigenvalue weighted by molar-refractivity contribution is -0.136. The van der Waals surface area contributed by atoms with Crippen LogP contribution >= 0.6 is 11.8 Å². The molecule has 30 heavy (non-hydrogen) atoms. The van der Waals surface area contributed by atoms with Crippen LogP contribution in [0.2, 0.25) is 0 Å². The summed E-state index contributed by atoms with van der Waals surface area (Å²) in [5.41, 5.74) is 3.25. The second-order valence-electron chi connectivity index (χ2n) is 7.10. The molecule has 2 aromatic rings. The van der Waals surface area contributed by atoms with Crippen molar-refractivity contribution in [3.05, 3.63) is 70.9 Å². The number of esters is 1. The molecule has 8 heteroatoms. The molecule has 0 aromatic heterocycles. The molecule has 2 N–H and O–H groups in total. The zero-order chi connectivity index (χ0) is 21.3. The first-order valence-electron chi connectivity index (χ1n) is 9.45. The molecule has 0 aliphatic carbocycles. The lowest BCUT2D eigenvalue weighted by atomic mass is 9.96. The number of carbonyl (C=O) groups is 3. The largest absolute Gasteiger partial charge is 0.456 e. The molecule has 2 aromatic carbocycles. The smallest absolute Gasteiger partial charge is 0.338 e. The topological polar surface area (TPSA) is 87.7 Å². The fourth-order valence-electron chi connectivity index (χ4n) is 3.59. The van der Waals surface area contributed by atoms with Crippen LogP contribution in [0.3, 0.4) is 0 Å². The van der Waals surface area contributed by atoms with Crippen LogP contribution in [-0.4, -0.2) is 42.2 Å². The van der Waals surface area contributed by atoms with Gasteiger partial charge < -0.3 is 15.4 Å². The van der Waals surface area contributed by atoms with E-state index in [-0.39, 0.29) is 19.1 Å². The number of rotatable bonds is 5. The van der Waals surface area contributed by atoms with Gasteiger partial charge in [0.05, 0.1) is 17.3 Å². The number of aryl methyl sites for hydroxylation is 1. The van der Waals surface area contributed by atoms with E-state index in [2.05, 4.69) is 10.6 Å². The Morgan fingerprint density at radius 2 is 2.00 bits per heavy atom. The Morgan fingerprint density at radius 1 is 1.23 bits per heavy atom. The summed E-state index contributed by atoms with van der Waals surface area (Å²) in [6, 6.07) is 14.0. The first-order chi connectivity index (χ1) is 14.5. The lowest BCUT2D eigenvalue weighted by Crippen LogP contribution is -2.49. The van der Waals surface area contributed by atoms with Crippen LogP contribution in [0.4, 0.5) is 10.5 Å². The van der Waals surface area contributed by atoms with Gasteiger partial charge in [0, 0.05) is 10.6 Å². The first-order valence-corrected chi connectivity index (χ1v) is 10.7. The number of amides is 3. The molecule has 154 valence electrons. The molecule has 0 bridgehead atoms. The van der Waals surface area contributed by atoms with E-state index in [1.165, 1.54) is 4.90 Å². The second-order valence-corrected chi connectivity index (χ2v) is 7.98. The summed E-state index contributed by atoms with van der Waals surface area (Å²) in [5, 5.41) is 5.63. The van der Waals surface area contributed by atoms with Crippen LogP contribution in [0.15, 0.2) is 64.7 Å². The van der Waals surface area contributed by atoms with Gasteiger partial charge in [-0.05, 0) is 48.6 Å². The number of benzene rings is 2. The number of anilines is 1. The highest BCUT2D eigenvalue weighted by atomic mass is 32.2. The summed E-state index contributed by atoms with van der Waals surface area (Å²) in [4.78, 5) is 40.1. The molecule has 2 aliphatic rings. The van der Waals surface area contributed by atoms with Gasteiger partial charge in [-0.25, -0.2) is 9.59 Å². The Morgan fingerprint density at radius 3 is 2.70 bits per heavy atom. The van der Waals surface area contributed by atoms with Crippen molar-refractivity contribution in [3.8, 4) is 0 Å². The normalized spacial score (nSPS) is 18.1. The van der Waals surface area contributed by atoms with Crippen molar-refractivity contribution < 1.29 is 19.1 Å². The van der Waals surface area contributed by atoms with Gasteiger partial charge in [0.1, 0.15) is 13.2 Å². The average molecular weight is 423 g/mol. The number of carbonyl (C=O) groups excluding carboxylic acids is 3. The molecule has 0 radical (unpaired) electrons. The minimum Gasteiger partial charge on any atom is -0.456 e. The number of nitrogens with zero attached hydrogens (tertiary/aromatic N) is 1. The molecule has 1 atom stereocenters. The number of nitrogens with one attached hydrogen (secondary N) is 2. The van der Waals surface area contributed by atoms with E-state index in [1.54, 1.807) is 17.8 Å². The van der Waals surface area contributed by atoms with Crippen molar-refractivity contribution >= 4 is 35.4 Å². The van der Waals surface area contributed by atoms with E-state index in [4.69, 9.17) is 4.74 Å². The quantitative estimate of drug-likeness (QED) is 0.570. The van der Waals surface area contributed by atoms with Crippen molar-refractivity contribution in [2.75, 3.05) is 24.7 Å². The Bertz CT molecular complexity index is 1050. The third-order valence-corrected chi connectivity index (χ3v) is 5.79. The van der Waals surface area contributed by atoms with Gasteiger partial charge in [0.2, 0.25) is 5.91 Å². The van der Waals surface area contributed by atoms with Crippen LogP contribution in [0.5, 0.6) is 0 Å². The van der Waals surface area contributed by atoms with Crippen molar-refractivity contribution in [1.82, 2.24) is 10.2 Å². The van der Waals surface area contributed by atoms with Gasteiger partial charge >= 0.3 is 12.0 Å². The zero-order valence-corrected chi connectivity index (χ0v) is 17.4. The third kappa shape index (κ3) is 3.91. The molecule has 0 saturated carbocycles. The van der Waals surface area contributed by atoms with Gasteiger partial charge in [0.15, 0.2) is 0 Å². The molecule has 0 spiro atoms. The number of cyclic esters (lactones) is 1. The van der Waals surface area contributed by atoms with Crippen molar-refractivity contribution in [1.29, 1.82) is 0 Å².